The predicted octanol–water partition coefficient (Wildman–Crippen LogP) is 1.43. The largest absolute Gasteiger partial charge is 0.489 e. The zero-order chi connectivity index (χ0) is 11.4. The van der Waals surface area contributed by atoms with Crippen LogP contribution in [0.25, 0.3) is 6.08 Å². The molecule has 1 atom stereocenters. The summed E-state index contributed by atoms with van der Waals surface area (Å²) in [5.74, 6) is 0.946. The first-order chi connectivity index (χ1) is 7.75. The highest BCUT2D eigenvalue weighted by atomic mass is 16.5. The maximum Gasteiger partial charge on any atom is 0.127 e. The maximum atomic E-state index is 9.13. The molecule has 2 N–H and O–H groups in total. The molecule has 86 valence electrons. The van der Waals surface area contributed by atoms with E-state index >= 15 is 0 Å². The van der Waals surface area contributed by atoms with Crippen molar-refractivity contribution in [3.63, 3.8) is 0 Å². The van der Waals surface area contributed by atoms with Crippen LogP contribution in [0.5, 0.6) is 5.75 Å². The van der Waals surface area contributed by atoms with Gasteiger partial charge in [-0.3, -0.25) is 0 Å². The second-order valence-corrected chi connectivity index (χ2v) is 4.11. The molecule has 0 spiro atoms. The maximum absolute atomic E-state index is 9.13. The van der Waals surface area contributed by atoms with Crippen LogP contribution in [0.4, 0.5) is 0 Å². The summed E-state index contributed by atoms with van der Waals surface area (Å²) < 4.78 is 5.62. The van der Waals surface area contributed by atoms with Crippen LogP contribution in [0.3, 0.4) is 0 Å². The van der Waals surface area contributed by atoms with Gasteiger partial charge in [0.1, 0.15) is 12.4 Å². The molecule has 0 saturated heterocycles. The SMILES string of the molecule is CC(O)CNCC1=Cc2ccccc2OC1. The molecule has 1 aromatic carbocycles. The van der Waals surface area contributed by atoms with E-state index in [1.807, 2.05) is 24.3 Å². The van der Waals surface area contributed by atoms with Gasteiger partial charge in [0, 0.05) is 18.7 Å². The Morgan fingerprint density at radius 3 is 3.06 bits per heavy atom. The molecule has 0 amide bonds. The Bertz CT molecular complexity index is 385. The lowest BCUT2D eigenvalue weighted by molar-refractivity contribution is 0.192. The number of rotatable bonds is 4. The quantitative estimate of drug-likeness (QED) is 0.805. The van der Waals surface area contributed by atoms with E-state index in [1.165, 1.54) is 5.57 Å². The number of hydrogen-bond acceptors (Lipinski definition) is 3. The highest BCUT2D eigenvalue weighted by molar-refractivity contribution is 5.62. The second kappa shape index (κ2) is 5.14. The molecule has 3 heteroatoms. The second-order valence-electron chi connectivity index (χ2n) is 4.11. The monoisotopic (exact) mass is 219 g/mol. The molecular formula is C13H17NO2. The number of hydrogen-bond donors (Lipinski definition) is 2. The number of fused-ring (bicyclic) bond motifs is 1. The molecule has 0 fully saturated rings. The van der Waals surface area contributed by atoms with Crippen LogP contribution in [-0.4, -0.2) is 30.9 Å². The molecule has 1 aliphatic heterocycles. The smallest absolute Gasteiger partial charge is 0.127 e. The highest BCUT2D eigenvalue weighted by Gasteiger charge is 2.10. The van der Waals surface area contributed by atoms with E-state index in [9.17, 15) is 0 Å². The first kappa shape index (κ1) is 11.2. The summed E-state index contributed by atoms with van der Waals surface area (Å²) in [7, 11) is 0. The fourth-order valence-electron chi connectivity index (χ4n) is 1.71. The van der Waals surface area contributed by atoms with E-state index in [4.69, 9.17) is 9.84 Å². The van der Waals surface area contributed by atoms with Crippen LogP contribution in [0.1, 0.15) is 12.5 Å². The minimum atomic E-state index is -0.308. The van der Waals surface area contributed by atoms with Crippen molar-refractivity contribution in [2.24, 2.45) is 0 Å². The van der Waals surface area contributed by atoms with Crippen molar-refractivity contribution in [2.75, 3.05) is 19.7 Å². The summed E-state index contributed by atoms with van der Waals surface area (Å²) in [6, 6.07) is 8.00. The third-order valence-corrected chi connectivity index (χ3v) is 2.48. The molecule has 1 aromatic rings. The Kier molecular flexibility index (Phi) is 3.59. The van der Waals surface area contributed by atoms with Gasteiger partial charge in [-0.15, -0.1) is 0 Å². The van der Waals surface area contributed by atoms with Gasteiger partial charge in [-0.25, -0.2) is 0 Å². The van der Waals surface area contributed by atoms with Gasteiger partial charge in [-0.2, -0.15) is 0 Å². The van der Waals surface area contributed by atoms with Crippen LogP contribution >= 0.6 is 0 Å². The van der Waals surface area contributed by atoms with E-state index in [-0.39, 0.29) is 6.10 Å². The van der Waals surface area contributed by atoms with Crippen LogP contribution < -0.4 is 10.1 Å². The number of para-hydroxylation sites is 1. The van der Waals surface area contributed by atoms with Gasteiger partial charge in [0.2, 0.25) is 0 Å². The van der Waals surface area contributed by atoms with Crippen LogP contribution in [0, 0.1) is 0 Å². The summed E-state index contributed by atoms with van der Waals surface area (Å²) in [5.41, 5.74) is 2.34. The predicted molar refractivity (Wildman–Crippen MR) is 64.5 cm³/mol. The number of aliphatic hydroxyl groups is 1. The summed E-state index contributed by atoms with van der Waals surface area (Å²) in [5, 5.41) is 12.3. The summed E-state index contributed by atoms with van der Waals surface area (Å²) in [6.45, 7) is 3.77. The topological polar surface area (TPSA) is 41.5 Å². The minimum Gasteiger partial charge on any atom is -0.489 e. The third kappa shape index (κ3) is 2.84. The lowest BCUT2D eigenvalue weighted by Gasteiger charge is -2.18. The average Bonchev–Trinajstić information content (AvgIpc) is 2.28. The van der Waals surface area contributed by atoms with E-state index < -0.39 is 0 Å². The summed E-state index contributed by atoms with van der Waals surface area (Å²) >= 11 is 0. The molecule has 1 aliphatic rings. The van der Waals surface area contributed by atoms with E-state index in [0.717, 1.165) is 17.9 Å². The summed E-state index contributed by atoms with van der Waals surface area (Å²) in [6.07, 6.45) is 1.84. The molecule has 0 bridgehead atoms. The molecule has 0 saturated carbocycles. The van der Waals surface area contributed by atoms with E-state index in [2.05, 4.69) is 11.4 Å². The highest BCUT2D eigenvalue weighted by Crippen LogP contribution is 2.25. The van der Waals surface area contributed by atoms with Crippen LogP contribution in [0.15, 0.2) is 29.8 Å². The van der Waals surface area contributed by atoms with Gasteiger partial charge < -0.3 is 15.2 Å². The Hall–Kier alpha value is -1.32. The molecule has 0 aliphatic carbocycles. The van der Waals surface area contributed by atoms with Gasteiger partial charge in [0.15, 0.2) is 0 Å². The van der Waals surface area contributed by atoms with Gasteiger partial charge in [0.25, 0.3) is 0 Å². The van der Waals surface area contributed by atoms with Gasteiger partial charge in [-0.05, 0) is 24.6 Å². The molecule has 2 rings (SSSR count). The molecule has 16 heavy (non-hydrogen) atoms. The fraction of sp³-hybridized carbons (Fsp3) is 0.385. The average molecular weight is 219 g/mol. The zero-order valence-electron chi connectivity index (χ0n) is 9.44. The van der Waals surface area contributed by atoms with Gasteiger partial charge in [-0.1, -0.05) is 18.2 Å². The summed E-state index contributed by atoms with van der Waals surface area (Å²) in [4.78, 5) is 0. The molecule has 1 heterocycles. The normalized spacial score (nSPS) is 16.0. The van der Waals surface area contributed by atoms with E-state index in [0.29, 0.717) is 13.2 Å². The Morgan fingerprint density at radius 1 is 1.44 bits per heavy atom. The Morgan fingerprint density at radius 2 is 2.25 bits per heavy atom. The standard InChI is InChI=1S/C13H17NO2/c1-10(15)7-14-8-11-6-12-4-2-3-5-13(12)16-9-11/h2-6,10,14-15H,7-9H2,1H3. The molecule has 0 aromatic heterocycles. The minimum absolute atomic E-state index is 0.308. The van der Waals surface area contributed by atoms with E-state index in [1.54, 1.807) is 6.92 Å². The number of nitrogens with one attached hydrogen (secondary N) is 1. The first-order valence-corrected chi connectivity index (χ1v) is 5.56. The van der Waals surface area contributed by atoms with Crippen molar-refractivity contribution in [3.05, 3.63) is 35.4 Å². The Labute approximate surface area is 95.7 Å². The van der Waals surface area contributed by atoms with Crippen molar-refractivity contribution in [1.29, 1.82) is 0 Å². The number of ether oxygens (including phenoxy) is 1. The lowest BCUT2D eigenvalue weighted by Crippen LogP contribution is -2.28. The molecular weight excluding hydrogens is 202 g/mol. The van der Waals surface area contributed by atoms with Gasteiger partial charge >= 0.3 is 0 Å². The molecule has 1 unspecified atom stereocenters. The van der Waals surface area contributed by atoms with Crippen molar-refractivity contribution >= 4 is 6.08 Å². The third-order valence-electron chi connectivity index (χ3n) is 2.48. The number of benzene rings is 1. The Balaban J connectivity index is 1.96. The fourth-order valence-corrected chi connectivity index (χ4v) is 1.71. The lowest BCUT2D eigenvalue weighted by atomic mass is 10.1. The first-order valence-electron chi connectivity index (χ1n) is 5.56. The van der Waals surface area contributed by atoms with Crippen molar-refractivity contribution in [2.45, 2.75) is 13.0 Å². The molecule has 0 radical (unpaired) electrons. The van der Waals surface area contributed by atoms with Gasteiger partial charge in [0.05, 0.1) is 6.10 Å². The van der Waals surface area contributed by atoms with Crippen molar-refractivity contribution in [1.82, 2.24) is 5.32 Å². The zero-order valence-corrected chi connectivity index (χ0v) is 9.44. The van der Waals surface area contributed by atoms with Crippen LogP contribution in [0.2, 0.25) is 0 Å². The molecule has 3 nitrogen and oxygen atoms in total. The van der Waals surface area contributed by atoms with Crippen LogP contribution in [-0.2, 0) is 0 Å². The van der Waals surface area contributed by atoms with Crippen molar-refractivity contribution < 1.29 is 9.84 Å². The van der Waals surface area contributed by atoms with Crippen molar-refractivity contribution in [3.8, 4) is 5.75 Å². The number of aliphatic hydroxyl groups excluding tert-OH is 1.